The average molecular weight is 234 g/mol. The van der Waals surface area contributed by atoms with Crippen LogP contribution >= 0.6 is 11.6 Å². The van der Waals surface area contributed by atoms with Crippen molar-refractivity contribution in [3.8, 4) is 0 Å². The fourth-order valence-electron chi connectivity index (χ4n) is 1.80. The predicted molar refractivity (Wildman–Crippen MR) is 61.1 cm³/mol. The Morgan fingerprint density at radius 2 is 2.40 bits per heavy atom. The third-order valence-electron chi connectivity index (χ3n) is 2.70. The molecule has 0 aromatic heterocycles. The van der Waals surface area contributed by atoms with Gasteiger partial charge >= 0.3 is 0 Å². The summed E-state index contributed by atoms with van der Waals surface area (Å²) in [6.07, 6.45) is 4.72. The monoisotopic (exact) mass is 233 g/mol. The number of carbonyl (C=O) groups is 1. The highest BCUT2D eigenvalue weighted by atomic mass is 35.5. The summed E-state index contributed by atoms with van der Waals surface area (Å²) in [5, 5.41) is 2.97. The molecular formula is C11H20ClNO2. The van der Waals surface area contributed by atoms with Crippen LogP contribution in [0.3, 0.4) is 0 Å². The summed E-state index contributed by atoms with van der Waals surface area (Å²) in [5.41, 5.74) is 0. The molecule has 1 amide bonds. The van der Waals surface area contributed by atoms with Crippen LogP contribution in [0.5, 0.6) is 0 Å². The maximum absolute atomic E-state index is 11.5. The standard InChI is InChI=1S/C11H20ClNO2/c1-9(10-5-4-8-15-10)13-11(14)6-2-3-7-12/h9-10H,2-8H2,1H3,(H,13,14). The molecule has 1 heterocycles. The Kier molecular flexibility index (Phi) is 6.03. The molecule has 0 aromatic carbocycles. The van der Waals surface area contributed by atoms with Crippen molar-refractivity contribution in [2.75, 3.05) is 12.5 Å². The van der Waals surface area contributed by atoms with Gasteiger partial charge in [-0.3, -0.25) is 4.79 Å². The van der Waals surface area contributed by atoms with E-state index in [1.807, 2.05) is 6.92 Å². The maximum atomic E-state index is 11.5. The van der Waals surface area contributed by atoms with Gasteiger partial charge in [0, 0.05) is 18.9 Å². The van der Waals surface area contributed by atoms with Gasteiger partial charge in [0.25, 0.3) is 0 Å². The Morgan fingerprint density at radius 1 is 1.60 bits per heavy atom. The summed E-state index contributed by atoms with van der Waals surface area (Å²) in [6.45, 7) is 2.84. The summed E-state index contributed by atoms with van der Waals surface area (Å²) in [6, 6.07) is 0.135. The van der Waals surface area contributed by atoms with Crippen LogP contribution in [0.2, 0.25) is 0 Å². The number of hydrogen-bond acceptors (Lipinski definition) is 2. The van der Waals surface area contributed by atoms with Crippen molar-refractivity contribution in [3.63, 3.8) is 0 Å². The summed E-state index contributed by atoms with van der Waals surface area (Å²) in [5.74, 6) is 0.747. The van der Waals surface area contributed by atoms with Crippen molar-refractivity contribution in [3.05, 3.63) is 0 Å². The minimum absolute atomic E-state index is 0.114. The van der Waals surface area contributed by atoms with Gasteiger partial charge in [-0.2, -0.15) is 0 Å². The molecular weight excluding hydrogens is 214 g/mol. The van der Waals surface area contributed by atoms with Crippen molar-refractivity contribution in [1.29, 1.82) is 0 Å². The highest BCUT2D eigenvalue weighted by Crippen LogP contribution is 2.15. The van der Waals surface area contributed by atoms with Crippen LogP contribution in [0.15, 0.2) is 0 Å². The van der Waals surface area contributed by atoms with E-state index in [0.717, 1.165) is 32.3 Å². The summed E-state index contributed by atoms with van der Waals surface area (Å²) in [7, 11) is 0. The lowest BCUT2D eigenvalue weighted by Crippen LogP contribution is -2.40. The lowest BCUT2D eigenvalue weighted by molar-refractivity contribution is -0.122. The van der Waals surface area contributed by atoms with Gasteiger partial charge in [-0.05, 0) is 32.6 Å². The van der Waals surface area contributed by atoms with Gasteiger partial charge in [-0.25, -0.2) is 0 Å². The van der Waals surface area contributed by atoms with E-state index < -0.39 is 0 Å². The molecule has 0 bridgehead atoms. The molecule has 0 radical (unpaired) electrons. The van der Waals surface area contributed by atoms with Crippen molar-refractivity contribution in [1.82, 2.24) is 5.32 Å². The second kappa shape index (κ2) is 7.07. The predicted octanol–water partition coefficient (Wildman–Crippen LogP) is 2.08. The molecule has 0 spiro atoms. The van der Waals surface area contributed by atoms with Gasteiger partial charge in [-0.15, -0.1) is 11.6 Å². The number of halogens is 1. The second-order valence-corrected chi connectivity index (χ2v) is 4.43. The number of unbranched alkanes of at least 4 members (excludes halogenated alkanes) is 1. The number of carbonyl (C=O) groups excluding carboxylic acids is 1. The highest BCUT2D eigenvalue weighted by molar-refractivity contribution is 6.17. The molecule has 2 atom stereocenters. The van der Waals surface area contributed by atoms with E-state index in [0.29, 0.717) is 12.3 Å². The molecule has 1 N–H and O–H groups in total. The molecule has 1 saturated heterocycles. The zero-order chi connectivity index (χ0) is 11.1. The quantitative estimate of drug-likeness (QED) is 0.564. The smallest absolute Gasteiger partial charge is 0.220 e. The van der Waals surface area contributed by atoms with Crippen LogP contribution in [-0.4, -0.2) is 30.5 Å². The van der Waals surface area contributed by atoms with Crippen molar-refractivity contribution >= 4 is 17.5 Å². The maximum Gasteiger partial charge on any atom is 0.220 e. The Bertz CT molecular complexity index is 193. The van der Waals surface area contributed by atoms with E-state index >= 15 is 0 Å². The van der Waals surface area contributed by atoms with Gasteiger partial charge in [0.05, 0.1) is 12.1 Å². The van der Waals surface area contributed by atoms with Crippen LogP contribution in [0, 0.1) is 0 Å². The third kappa shape index (κ3) is 4.85. The first-order chi connectivity index (χ1) is 7.24. The molecule has 88 valence electrons. The molecule has 1 rings (SSSR count). The van der Waals surface area contributed by atoms with Gasteiger partial charge in [-0.1, -0.05) is 0 Å². The summed E-state index contributed by atoms with van der Waals surface area (Å²) < 4.78 is 5.51. The number of amides is 1. The molecule has 1 fully saturated rings. The Balaban J connectivity index is 2.13. The zero-order valence-corrected chi connectivity index (χ0v) is 10.1. The molecule has 3 nitrogen and oxygen atoms in total. The Morgan fingerprint density at radius 3 is 3.00 bits per heavy atom. The van der Waals surface area contributed by atoms with Crippen LogP contribution in [0.25, 0.3) is 0 Å². The first kappa shape index (κ1) is 12.8. The van der Waals surface area contributed by atoms with E-state index in [1.165, 1.54) is 0 Å². The van der Waals surface area contributed by atoms with Gasteiger partial charge in [0.15, 0.2) is 0 Å². The van der Waals surface area contributed by atoms with Gasteiger partial charge in [0.2, 0.25) is 5.91 Å². The van der Waals surface area contributed by atoms with E-state index in [9.17, 15) is 4.79 Å². The first-order valence-electron chi connectivity index (χ1n) is 5.71. The number of hydrogen-bond donors (Lipinski definition) is 1. The van der Waals surface area contributed by atoms with Gasteiger partial charge < -0.3 is 10.1 Å². The largest absolute Gasteiger partial charge is 0.376 e. The SMILES string of the molecule is CC(NC(=O)CCCCCl)C1CCCO1. The minimum atomic E-state index is 0.114. The summed E-state index contributed by atoms with van der Waals surface area (Å²) in [4.78, 5) is 11.5. The molecule has 0 saturated carbocycles. The molecule has 2 unspecified atom stereocenters. The fourth-order valence-corrected chi connectivity index (χ4v) is 1.98. The molecule has 1 aliphatic rings. The fraction of sp³-hybridized carbons (Fsp3) is 0.909. The van der Waals surface area contributed by atoms with E-state index in [1.54, 1.807) is 0 Å². The normalized spacial score (nSPS) is 22.7. The summed E-state index contributed by atoms with van der Waals surface area (Å²) >= 11 is 5.54. The van der Waals surface area contributed by atoms with E-state index in [2.05, 4.69) is 5.32 Å². The van der Waals surface area contributed by atoms with Gasteiger partial charge in [0.1, 0.15) is 0 Å². The zero-order valence-electron chi connectivity index (χ0n) is 9.30. The van der Waals surface area contributed by atoms with Crippen LogP contribution < -0.4 is 5.32 Å². The van der Waals surface area contributed by atoms with Crippen LogP contribution in [0.4, 0.5) is 0 Å². The molecule has 4 heteroatoms. The van der Waals surface area contributed by atoms with Crippen LogP contribution in [0.1, 0.15) is 39.0 Å². The number of ether oxygens (including phenoxy) is 1. The third-order valence-corrected chi connectivity index (χ3v) is 2.97. The second-order valence-electron chi connectivity index (χ2n) is 4.05. The number of nitrogens with one attached hydrogen (secondary N) is 1. The topological polar surface area (TPSA) is 38.3 Å². The molecule has 0 aliphatic carbocycles. The van der Waals surface area contributed by atoms with E-state index in [4.69, 9.17) is 16.3 Å². The lowest BCUT2D eigenvalue weighted by atomic mass is 10.1. The lowest BCUT2D eigenvalue weighted by Gasteiger charge is -2.19. The Hall–Kier alpha value is -0.280. The Labute approximate surface area is 96.5 Å². The molecule has 0 aromatic rings. The number of rotatable bonds is 6. The van der Waals surface area contributed by atoms with Crippen molar-refractivity contribution < 1.29 is 9.53 Å². The highest BCUT2D eigenvalue weighted by Gasteiger charge is 2.23. The minimum Gasteiger partial charge on any atom is -0.376 e. The first-order valence-corrected chi connectivity index (χ1v) is 6.24. The molecule has 15 heavy (non-hydrogen) atoms. The number of alkyl halides is 1. The molecule has 1 aliphatic heterocycles. The average Bonchev–Trinajstić information content (AvgIpc) is 2.70. The van der Waals surface area contributed by atoms with E-state index in [-0.39, 0.29) is 18.1 Å². The van der Waals surface area contributed by atoms with Crippen LogP contribution in [-0.2, 0) is 9.53 Å². The van der Waals surface area contributed by atoms with Crippen molar-refractivity contribution in [2.24, 2.45) is 0 Å². The van der Waals surface area contributed by atoms with Crippen molar-refractivity contribution in [2.45, 2.75) is 51.2 Å².